The van der Waals surface area contributed by atoms with Gasteiger partial charge in [-0.05, 0) is 49.9 Å². The Kier molecular flexibility index (Phi) is 5.24. The van der Waals surface area contributed by atoms with Gasteiger partial charge in [0.25, 0.3) is 5.91 Å². The number of Topliss-reactive ketones (excluding diaryl/α,β-unsaturated/α-hetero) is 1. The average Bonchev–Trinajstić information content (AvgIpc) is 2.69. The molecule has 4 rings (SSSR count). The van der Waals surface area contributed by atoms with Crippen molar-refractivity contribution in [2.45, 2.75) is 39.0 Å². The molecule has 148 valence electrons. The van der Waals surface area contributed by atoms with Crippen LogP contribution in [0.25, 0.3) is 0 Å². The lowest BCUT2D eigenvalue weighted by Crippen LogP contribution is -2.35. The monoisotopic (exact) mass is 407 g/mol. The molecular weight excluding hydrogens is 386 g/mol. The zero-order valence-electron chi connectivity index (χ0n) is 16.4. The Balaban J connectivity index is 1.80. The minimum atomic E-state index is -0.502. The van der Waals surface area contributed by atoms with Crippen molar-refractivity contribution in [3.8, 4) is 0 Å². The highest BCUT2D eigenvalue weighted by Gasteiger charge is 2.39. The number of benzene rings is 1. The van der Waals surface area contributed by atoms with Crippen LogP contribution in [0, 0.1) is 6.92 Å². The van der Waals surface area contributed by atoms with Crippen molar-refractivity contribution in [2.24, 2.45) is 0 Å². The summed E-state index contributed by atoms with van der Waals surface area (Å²) in [6.07, 6.45) is 3.78. The molecule has 1 aromatic heterocycles. The zero-order chi connectivity index (χ0) is 20.5. The molecule has 2 heterocycles. The fourth-order valence-electron chi connectivity index (χ4n) is 4.03. The molecule has 0 spiro atoms. The van der Waals surface area contributed by atoms with Crippen LogP contribution in [0.2, 0.25) is 5.02 Å². The van der Waals surface area contributed by atoms with Gasteiger partial charge in [-0.25, -0.2) is 4.98 Å². The molecule has 1 aliphatic carbocycles. The van der Waals surface area contributed by atoms with Gasteiger partial charge in [-0.15, -0.1) is 0 Å². The summed E-state index contributed by atoms with van der Waals surface area (Å²) in [5, 5.41) is 6.72. The molecule has 0 saturated carbocycles. The van der Waals surface area contributed by atoms with Crippen molar-refractivity contribution in [1.29, 1.82) is 0 Å². The molecule has 1 aromatic carbocycles. The highest BCUT2D eigenvalue weighted by Crippen LogP contribution is 2.44. The first kappa shape index (κ1) is 19.4. The van der Waals surface area contributed by atoms with Crippen LogP contribution in [0.4, 0.5) is 5.82 Å². The quantitative estimate of drug-likeness (QED) is 0.776. The molecule has 2 N–H and O–H groups in total. The molecule has 1 amide bonds. The second-order valence-electron chi connectivity index (χ2n) is 7.46. The van der Waals surface area contributed by atoms with Crippen LogP contribution in [0.3, 0.4) is 0 Å². The Morgan fingerprint density at radius 1 is 1.17 bits per heavy atom. The van der Waals surface area contributed by atoms with Gasteiger partial charge in [-0.1, -0.05) is 35.9 Å². The third-order valence-electron chi connectivity index (χ3n) is 5.39. The van der Waals surface area contributed by atoms with Crippen molar-refractivity contribution in [2.75, 3.05) is 5.32 Å². The van der Waals surface area contributed by atoms with E-state index in [1.807, 2.05) is 38.1 Å². The van der Waals surface area contributed by atoms with Gasteiger partial charge >= 0.3 is 0 Å². The molecular formula is C23H22ClN3O2. The number of dihydropyridines is 1. The Hall–Kier alpha value is -2.92. The first-order valence-electron chi connectivity index (χ1n) is 9.68. The van der Waals surface area contributed by atoms with E-state index in [9.17, 15) is 9.59 Å². The standard InChI is InChI=1S/C23H22ClN3O2/c1-13-10-11-19(25-12-13)27-23(29)20-14(2)26-17-8-5-9-18(28)22(17)21(20)15-6-3-4-7-16(15)24/h3-4,6-7,10-12,21,26H,5,8-9H2,1-2H3,(H,25,27,29). The van der Waals surface area contributed by atoms with Crippen molar-refractivity contribution < 1.29 is 9.59 Å². The van der Waals surface area contributed by atoms with Crippen LogP contribution >= 0.6 is 11.6 Å². The Bertz CT molecular complexity index is 1050. The Labute approximate surface area is 174 Å². The number of aromatic nitrogens is 1. The van der Waals surface area contributed by atoms with Crippen LogP contribution in [0.5, 0.6) is 0 Å². The average molecular weight is 408 g/mol. The number of ketones is 1. The fraction of sp³-hybridized carbons (Fsp3) is 0.261. The van der Waals surface area contributed by atoms with Crippen LogP contribution in [-0.4, -0.2) is 16.7 Å². The minimum absolute atomic E-state index is 0.0648. The Morgan fingerprint density at radius 2 is 1.97 bits per heavy atom. The molecule has 0 bridgehead atoms. The molecule has 0 saturated heterocycles. The number of rotatable bonds is 3. The summed E-state index contributed by atoms with van der Waals surface area (Å²) >= 11 is 6.51. The number of carbonyl (C=O) groups excluding carboxylic acids is 2. The lowest BCUT2D eigenvalue weighted by Gasteiger charge is -2.34. The van der Waals surface area contributed by atoms with Crippen LogP contribution < -0.4 is 10.6 Å². The van der Waals surface area contributed by atoms with E-state index in [0.29, 0.717) is 28.4 Å². The molecule has 29 heavy (non-hydrogen) atoms. The molecule has 2 aromatic rings. The number of nitrogens with zero attached hydrogens (tertiary/aromatic N) is 1. The van der Waals surface area contributed by atoms with E-state index in [-0.39, 0.29) is 11.7 Å². The summed E-state index contributed by atoms with van der Waals surface area (Å²) in [6.45, 7) is 3.80. The molecule has 1 aliphatic heterocycles. The van der Waals surface area contributed by atoms with E-state index in [4.69, 9.17) is 11.6 Å². The number of hydrogen-bond donors (Lipinski definition) is 2. The largest absolute Gasteiger partial charge is 0.362 e. The van der Waals surface area contributed by atoms with E-state index < -0.39 is 5.92 Å². The van der Waals surface area contributed by atoms with Crippen LogP contribution in [0.1, 0.15) is 43.2 Å². The van der Waals surface area contributed by atoms with Gasteiger partial charge in [0, 0.05) is 46.1 Å². The molecule has 0 radical (unpaired) electrons. The maximum atomic E-state index is 13.3. The number of halogens is 1. The number of pyridine rings is 1. The SMILES string of the molecule is CC1=C(C(=O)Nc2ccc(C)cn2)C(c2ccccc2Cl)C2=C(CCCC2=O)N1. The lowest BCUT2D eigenvalue weighted by molar-refractivity contribution is -0.116. The molecule has 0 fully saturated rings. The summed E-state index contributed by atoms with van der Waals surface area (Å²) in [4.78, 5) is 30.5. The molecule has 1 unspecified atom stereocenters. The molecule has 2 aliphatic rings. The number of aryl methyl sites for hydroxylation is 1. The van der Waals surface area contributed by atoms with E-state index in [1.165, 1.54) is 0 Å². The van der Waals surface area contributed by atoms with Gasteiger partial charge in [-0.3, -0.25) is 9.59 Å². The van der Waals surface area contributed by atoms with Gasteiger partial charge in [0.2, 0.25) is 0 Å². The first-order valence-corrected chi connectivity index (χ1v) is 10.1. The van der Waals surface area contributed by atoms with Gasteiger partial charge in [0.15, 0.2) is 5.78 Å². The summed E-state index contributed by atoms with van der Waals surface area (Å²) in [5.74, 6) is -0.261. The van der Waals surface area contributed by atoms with Gasteiger partial charge in [0.1, 0.15) is 5.82 Å². The van der Waals surface area contributed by atoms with Crippen molar-refractivity contribution in [3.63, 3.8) is 0 Å². The number of nitrogens with one attached hydrogen (secondary N) is 2. The highest BCUT2D eigenvalue weighted by atomic mass is 35.5. The molecule has 5 nitrogen and oxygen atoms in total. The minimum Gasteiger partial charge on any atom is -0.362 e. The smallest absolute Gasteiger partial charge is 0.255 e. The van der Waals surface area contributed by atoms with E-state index in [1.54, 1.807) is 18.3 Å². The second kappa shape index (κ2) is 7.84. The van der Waals surface area contributed by atoms with Crippen LogP contribution in [-0.2, 0) is 9.59 Å². The van der Waals surface area contributed by atoms with Crippen molar-refractivity contribution >= 4 is 29.1 Å². The highest BCUT2D eigenvalue weighted by molar-refractivity contribution is 6.31. The fourth-order valence-corrected chi connectivity index (χ4v) is 4.27. The van der Waals surface area contributed by atoms with Gasteiger partial charge in [-0.2, -0.15) is 0 Å². The number of amides is 1. The predicted octanol–water partition coefficient (Wildman–Crippen LogP) is 4.65. The van der Waals surface area contributed by atoms with Gasteiger partial charge < -0.3 is 10.6 Å². The number of allylic oxidation sites excluding steroid dienone is 3. The topological polar surface area (TPSA) is 71.1 Å². The molecule has 6 heteroatoms. The maximum absolute atomic E-state index is 13.3. The third kappa shape index (κ3) is 3.70. The summed E-state index contributed by atoms with van der Waals surface area (Å²) in [6, 6.07) is 11.1. The third-order valence-corrected chi connectivity index (χ3v) is 5.73. The summed E-state index contributed by atoms with van der Waals surface area (Å²) in [5.41, 5.74) is 4.54. The van der Waals surface area contributed by atoms with Crippen molar-refractivity contribution in [1.82, 2.24) is 10.3 Å². The maximum Gasteiger partial charge on any atom is 0.255 e. The summed E-state index contributed by atoms with van der Waals surface area (Å²) in [7, 11) is 0. The van der Waals surface area contributed by atoms with E-state index >= 15 is 0 Å². The van der Waals surface area contributed by atoms with E-state index in [0.717, 1.165) is 35.4 Å². The normalized spacial score (nSPS) is 19.0. The Morgan fingerprint density at radius 3 is 2.69 bits per heavy atom. The predicted molar refractivity (Wildman–Crippen MR) is 114 cm³/mol. The van der Waals surface area contributed by atoms with Crippen LogP contribution in [0.15, 0.2) is 65.1 Å². The van der Waals surface area contributed by atoms with Crippen molar-refractivity contribution in [3.05, 3.63) is 81.3 Å². The first-order chi connectivity index (χ1) is 14.0. The summed E-state index contributed by atoms with van der Waals surface area (Å²) < 4.78 is 0. The molecule has 1 atom stereocenters. The van der Waals surface area contributed by atoms with E-state index in [2.05, 4.69) is 15.6 Å². The second-order valence-corrected chi connectivity index (χ2v) is 7.87. The zero-order valence-corrected chi connectivity index (χ0v) is 17.1. The number of hydrogen-bond acceptors (Lipinski definition) is 4. The lowest BCUT2D eigenvalue weighted by atomic mass is 9.75. The number of anilines is 1. The van der Waals surface area contributed by atoms with Gasteiger partial charge in [0.05, 0.1) is 0 Å². The number of carbonyl (C=O) groups is 2.